The molecule has 1 radical (unpaired) electrons. The summed E-state index contributed by atoms with van der Waals surface area (Å²) in [7, 11) is 0. The highest BCUT2D eigenvalue weighted by Gasteiger charge is 2.30. The third kappa shape index (κ3) is 3.10. The van der Waals surface area contributed by atoms with E-state index in [1.54, 1.807) is 4.90 Å². The highest BCUT2D eigenvalue weighted by atomic mass is 19.4. The molecule has 0 N–H and O–H groups in total. The molecular weight excluding hydrogens is 155 g/mol. The van der Waals surface area contributed by atoms with Gasteiger partial charge in [-0.25, -0.2) is 0 Å². The van der Waals surface area contributed by atoms with Crippen LogP contribution in [0.4, 0.5) is 13.2 Å². The molecule has 65 valence electrons. The Morgan fingerprint density at radius 3 is 2.27 bits per heavy atom. The molecule has 1 aliphatic heterocycles. The zero-order chi connectivity index (χ0) is 8.48. The fourth-order valence-corrected chi connectivity index (χ4v) is 1.14. The molecule has 4 heteroatoms. The summed E-state index contributed by atoms with van der Waals surface area (Å²) in [4.78, 5) is 1.77. The Kier molecular flexibility index (Phi) is 2.42. The van der Waals surface area contributed by atoms with Gasteiger partial charge in [-0.15, -0.1) is 0 Å². The van der Waals surface area contributed by atoms with E-state index in [4.69, 9.17) is 0 Å². The van der Waals surface area contributed by atoms with Crippen molar-refractivity contribution in [2.24, 2.45) is 5.92 Å². The molecule has 0 saturated carbocycles. The van der Waals surface area contributed by atoms with Crippen LogP contribution >= 0.6 is 0 Å². The molecule has 0 bridgehead atoms. The first-order valence-corrected chi connectivity index (χ1v) is 3.59. The molecule has 0 atom stereocenters. The second-order valence-corrected chi connectivity index (χ2v) is 2.99. The normalized spacial score (nSPS) is 21.8. The molecule has 1 aliphatic rings. The Bertz CT molecular complexity index is 126. The van der Waals surface area contributed by atoms with Gasteiger partial charge in [0.15, 0.2) is 0 Å². The largest absolute Gasteiger partial charge is 0.390 e. The summed E-state index contributed by atoms with van der Waals surface area (Å²) < 4.78 is 34.9. The minimum absolute atomic E-state index is 0.134. The zero-order valence-corrected chi connectivity index (χ0v) is 6.19. The summed E-state index contributed by atoms with van der Waals surface area (Å²) in [6.07, 6.45) is -4.70. The Morgan fingerprint density at radius 2 is 1.91 bits per heavy atom. The van der Waals surface area contributed by atoms with Crippen LogP contribution in [0.1, 0.15) is 6.42 Å². The quantitative estimate of drug-likeness (QED) is 0.603. The summed E-state index contributed by atoms with van der Waals surface area (Å²) in [6.45, 7) is 5.29. The van der Waals surface area contributed by atoms with Crippen molar-refractivity contribution in [1.82, 2.24) is 4.90 Å². The molecule has 11 heavy (non-hydrogen) atoms. The van der Waals surface area contributed by atoms with Crippen LogP contribution in [0.2, 0.25) is 0 Å². The van der Waals surface area contributed by atoms with E-state index in [1.807, 2.05) is 0 Å². The van der Waals surface area contributed by atoms with Crippen molar-refractivity contribution in [1.29, 1.82) is 0 Å². The van der Waals surface area contributed by atoms with E-state index >= 15 is 0 Å². The van der Waals surface area contributed by atoms with Gasteiger partial charge in [0.25, 0.3) is 0 Å². The highest BCUT2D eigenvalue weighted by molar-refractivity contribution is 4.81. The Balaban J connectivity index is 2.05. The number of halogens is 3. The highest BCUT2D eigenvalue weighted by Crippen LogP contribution is 2.22. The molecule has 0 spiro atoms. The molecule has 0 aromatic heterocycles. The van der Waals surface area contributed by atoms with Crippen LogP contribution in [0.25, 0.3) is 0 Å². The molecule has 0 unspecified atom stereocenters. The number of hydrogen-bond donors (Lipinski definition) is 0. The van der Waals surface area contributed by atoms with Crippen LogP contribution in [0, 0.1) is 12.8 Å². The van der Waals surface area contributed by atoms with Gasteiger partial charge < -0.3 is 4.90 Å². The predicted octanol–water partition coefficient (Wildman–Crippen LogP) is 1.70. The van der Waals surface area contributed by atoms with Gasteiger partial charge in [-0.3, -0.25) is 0 Å². The number of nitrogens with zero attached hydrogens (tertiary/aromatic N) is 1. The van der Waals surface area contributed by atoms with Crippen molar-refractivity contribution in [3.63, 3.8) is 0 Å². The van der Waals surface area contributed by atoms with E-state index in [0.717, 1.165) is 13.1 Å². The van der Waals surface area contributed by atoms with Crippen molar-refractivity contribution < 1.29 is 13.2 Å². The van der Waals surface area contributed by atoms with Gasteiger partial charge in [0.1, 0.15) is 0 Å². The first-order chi connectivity index (χ1) is 4.97. The molecule has 1 saturated heterocycles. The second kappa shape index (κ2) is 3.01. The first kappa shape index (κ1) is 8.84. The van der Waals surface area contributed by atoms with Crippen LogP contribution in [0.5, 0.6) is 0 Å². The average Bonchev–Trinajstić information content (AvgIpc) is 1.75. The van der Waals surface area contributed by atoms with E-state index in [0.29, 0.717) is 5.92 Å². The number of hydrogen-bond acceptors (Lipinski definition) is 1. The van der Waals surface area contributed by atoms with Crippen LogP contribution in [0.15, 0.2) is 0 Å². The summed E-state index contributed by atoms with van der Waals surface area (Å²) in [6, 6.07) is 0. The molecule has 0 amide bonds. The summed E-state index contributed by atoms with van der Waals surface area (Å²) in [5.74, 6) is 0.336. The minimum Gasteiger partial charge on any atom is -0.302 e. The number of likely N-dealkylation sites (tertiary alicyclic amines) is 1. The van der Waals surface area contributed by atoms with Gasteiger partial charge in [0.2, 0.25) is 0 Å². The van der Waals surface area contributed by atoms with E-state index in [1.165, 1.54) is 0 Å². The third-order valence-electron chi connectivity index (χ3n) is 1.74. The molecule has 1 nitrogen and oxygen atoms in total. The lowest BCUT2D eigenvalue weighted by Crippen LogP contribution is -2.46. The van der Waals surface area contributed by atoms with Gasteiger partial charge in [-0.1, -0.05) is 0 Å². The maximum Gasteiger partial charge on any atom is 0.390 e. The lowest BCUT2D eigenvalue weighted by atomic mass is 10.0. The van der Waals surface area contributed by atoms with Crippen molar-refractivity contribution >= 4 is 0 Å². The van der Waals surface area contributed by atoms with Gasteiger partial charge >= 0.3 is 6.18 Å². The van der Waals surface area contributed by atoms with Crippen molar-refractivity contribution in [2.45, 2.75) is 12.6 Å². The average molecular weight is 166 g/mol. The topological polar surface area (TPSA) is 3.24 Å². The predicted molar refractivity (Wildman–Crippen MR) is 36.0 cm³/mol. The zero-order valence-electron chi connectivity index (χ0n) is 6.19. The SMILES string of the molecule is [CH2]C1CN(CCC(F)(F)F)C1. The van der Waals surface area contributed by atoms with Gasteiger partial charge in [-0.05, 0) is 12.8 Å². The van der Waals surface area contributed by atoms with E-state index in [9.17, 15) is 13.2 Å². The summed E-state index contributed by atoms with van der Waals surface area (Å²) in [5.41, 5.74) is 0. The fourth-order valence-electron chi connectivity index (χ4n) is 1.14. The van der Waals surface area contributed by atoms with Crippen molar-refractivity contribution in [3.05, 3.63) is 6.92 Å². The molecule has 1 fully saturated rings. The number of rotatable bonds is 2. The van der Waals surface area contributed by atoms with Gasteiger partial charge in [0.05, 0.1) is 6.42 Å². The maximum absolute atomic E-state index is 11.6. The summed E-state index contributed by atoms with van der Waals surface area (Å²) in [5, 5.41) is 0. The molecule has 1 rings (SSSR count). The fraction of sp³-hybridized carbons (Fsp3) is 0.857. The van der Waals surface area contributed by atoms with Gasteiger partial charge in [0, 0.05) is 19.6 Å². The lowest BCUT2D eigenvalue weighted by molar-refractivity contribution is -0.140. The van der Waals surface area contributed by atoms with Crippen molar-refractivity contribution in [2.75, 3.05) is 19.6 Å². The van der Waals surface area contributed by atoms with Gasteiger partial charge in [-0.2, -0.15) is 13.2 Å². The first-order valence-electron chi connectivity index (χ1n) is 3.59. The smallest absolute Gasteiger partial charge is 0.302 e. The number of alkyl halides is 3. The van der Waals surface area contributed by atoms with Crippen LogP contribution < -0.4 is 0 Å². The monoisotopic (exact) mass is 166 g/mol. The molecule has 0 aromatic rings. The molecule has 0 aliphatic carbocycles. The minimum atomic E-state index is -4.01. The summed E-state index contributed by atoms with van der Waals surface area (Å²) >= 11 is 0. The third-order valence-corrected chi connectivity index (χ3v) is 1.74. The Morgan fingerprint density at radius 1 is 1.36 bits per heavy atom. The van der Waals surface area contributed by atoms with E-state index < -0.39 is 12.6 Å². The molecule has 1 heterocycles. The van der Waals surface area contributed by atoms with E-state index in [-0.39, 0.29) is 6.54 Å². The van der Waals surface area contributed by atoms with Crippen LogP contribution in [-0.2, 0) is 0 Å². The molecular formula is C7H11F3N. The Hall–Kier alpha value is -0.250. The van der Waals surface area contributed by atoms with Crippen LogP contribution in [0.3, 0.4) is 0 Å². The Labute approximate surface area is 64.2 Å². The maximum atomic E-state index is 11.6. The standard InChI is InChI=1S/C7H11F3N/c1-6-4-11(5-6)3-2-7(8,9)10/h6H,1-5H2. The lowest BCUT2D eigenvalue weighted by Gasteiger charge is -2.37. The molecule has 0 aromatic carbocycles. The van der Waals surface area contributed by atoms with E-state index in [2.05, 4.69) is 6.92 Å². The second-order valence-electron chi connectivity index (χ2n) is 2.99. The van der Waals surface area contributed by atoms with Crippen LogP contribution in [-0.4, -0.2) is 30.7 Å². The van der Waals surface area contributed by atoms with Crippen molar-refractivity contribution in [3.8, 4) is 0 Å².